The Morgan fingerprint density at radius 2 is 2.20 bits per heavy atom. The predicted octanol–water partition coefficient (Wildman–Crippen LogP) is 1.69. The van der Waals surface area contributed by atoms with Gasteiger partial charge < -0.3 is 9.72 Å². The van der Waals surface area contributed by atoms with Gasteiger partial charge in [-0.2, -0.15) is 5.10 Å². The topological polar surface area (TPSA) is 109 Å². The quantitative estimate of drug-likeness (QED) is 0.375. The number of aromatic amines is 1. The van der Waals surface area contributed by atoms with Gasteiger partial charge in [0.25, 0.3) is 5.91 Å². The maximum Gasteiger partial charge on any atom is 0.331 e. The van der Waals surface area contributed by atoms with E-state index in [1.807, 2.05) is 24.3 Å². The van der Waals surface area contributed by atoms with Crippen molar-refractivity contribution in [2.45, 2.75) is 0 Å². The van der Waals surface area contributed by atoms with Crippen molar-refractivity contribution in [2.75, 3.05) is 7.11 Å². The standard InChI is InChI=1S/C16H13N5O3S/c1-24-13(22)8-12-15(23)20-16(25-12)21-19-9-10-4-2-3-5-11(10)14-17-6-7-18-14/h2-9H,1H3,(H,17,18)(H,20,21,23)/b12-8+,19-9?. The molecule has 1 aliphatic rings. The summed E-state index contributed by atoms with van der Waals surface area (Å²) < 4.78 is 4.50. The Morgan fingerprint density at radius 3 is 2.96 bits per heavy atom. The fourth-order valence-electron chi connectivity index (χ4n) is 2.02. The number of amides is 1. The fourth-order valence-corrected chi connectivity index (χ4v) is 2.76. The van der Waals surface area contributed by atoms with E-state index < -0.39 is 11.9 Å². The van der Waals surface area contributed by atoms with Crippen molar-refractivity contribution in [2.24, 2.45) is 10.2 Å². The van der Waals surface area contributed by atoms with Crippen molar-refractivity contribution in [3.05, 3.63) is 53.2 Å². The van der Waals surface area contributed by atoms with Gasteiger partial charge in [-0.1, -0.05) is 24.3 Å². The summed E-state index contributed by atoms with van der Waals surface area (Å²) in [7, 11) is 1.24. The van der Waals surface area contributed by atoms with Crippen LogP contribution < -0.4 is 5.32 Å². The van der Waals surface area contributed by atoms with Crippen LogP contribution in [0.1, 0.15) is 5.56 Å². The molecule has 0 radical (unpaired) electrons. The molecule has 1 aromatic carbocycles. The highest BCUT2D eigenvalue weighted by atomic mass is 32.2. The summed E-state index contributed by atoms with van der Waals surface area (Å²) >= 11 is 1.02. The highest BCUT2D eigenvalue weighted by molar-refractivity contribution is 8.18. The number of methoxy groups -OCH3 is 1. The number of esters is 1. The molecule has 0 aliphatic carbocycles. The second-order valence-corrected chi connectivity index (χ2v) is 5.79. The third-order valence-corrected chi connectivity index (χ3v) is 4.06. The van der Waals surface area contributed by atoms with Gasteiger partial charge in [-0.05, 0) is 11.8 Å². The first-order valence-electron chi connectivity index (χ1n) is 7.16. The second-order valence-electron chi connectivity index (χ2n) is 4.76. The first-order valence-corrected chi connectivity index (χ1v) is 7.97. The smallest absolute Gasteiger partial charge is 0.331 e. The van der Waals surface area contributed by atoms with Gasteiger partial charge in [-0.15, -0.1) is 5.10 Å². The molecule has 1 aliphatic heterocycles. The summed E-state index contributed by atoms with van der Waals surface area (Å²) in [4.78, 5) is 30.4. The summed E-state index contributed by atoms with van der Waals surface area (Å²) in [6.45, 7) is 0. The fraction of sp³-hybridized carbons (Fsp3) is 0.0625. The van der Waals surface area contributed by atoms with Crippen LogP contribution in [0.25, 0.3) is 11.4 Å². The molecule has 0 unspecified atom stereocenters. The first kappa shape index (κ1) is 16.7. The van der Waals surface area contributed by atoms with Crippen molar-refractivity contribution in [3.63, 3.8) is 0 Å². The predicted molar refractivity (Wildman–Crippen MR) is 94.9 cm³/mol. The second kappa shape index (κ2) is 7.58. The molecule has 0 bridgehead atoms. The van der Waals surface area contributed by atoms with Gasteiger partial charge in [0.15, 0.2) is 5.17 Å². The lowest BCUT2D eigenvalue weighted by Gasteiger charge is -2.01. The van der Waals surface area contributed by atoms with Gasteiger partial charge in [0.2, 0.25) is 0 Å². The Morgan fingerprint density at radius 1 is 1.36 bits per heavy atom. The highest BCUT2D eigenvalue weighted by Gasteiger charge is 2.25. The van der Waals surface area contributed by atoms with Crippen LogP contribution in [0.4, 0.5) is 0 Å². The van der Waals surface area contributed by atoms with Crippen LogP contribution in [0, 0.1) is 0 Å². The number of hydrogen-bond acceptors (Lipinski definition) is 7. The van der Waals surface area contributed by atoms with Crippen LogP contribution in [0.3, 0.4) is 0 Å². The molecule has 3 rings (SSSR count). The van der Waals surface area contributed by atoms with E-state index in [-0.39, 0.29) is 10.1 Å². The molecule has 0 atom stereocenters. The molecule has 1 fully saturated rings. The van der Waals surface area contributed by atoms with E-state index in [4.69, 9.17) is 0 Å². The summed E-state index contributed by atoms with van der Waals surface area (Å²) in [5.74, 6) is -0.295. The zero-order chi connectivity index (χ0) is 17.6. The molecule has 2 aromatic rings. The zero-order valence-corrected chi connectivity index (χ0v) is 13.9. The minimum atomic E-state index is -0.602. The van der Waals surface area contributed by atoms with Crippen LogP contribution >= 0.6 is 11.8 Å². The van der Waals surface area contributed by atoms with Crippen LogP contribution in [-0.2, 0) is 14.3 Å². The number of thioether (sulfide) groups is 1. The lowest BCUT2D eigenvalue weighted by Crippen LogP contribution is -2.19. The van der Waals surface area contributed by atoms with E-state index in [2.05, 4.69) is 30.2 Å². The SMILES string of the molecule is COC(=O)/C=C1/S/C(=N\N=Cc2ccccc2-c2ncc[nH]2)NC1=O. The zero-order valence-electron chi connectivity index (χ0n) is 13.1. The van der Waals surface area contributed by atoms with Crippen molar-refractivity contribution in [1.82, 2.24) is 15.3 Å². The normalized spacial score (nSPS) is 17.4. The van der Waals surface area contributed by atoms with Crippen LogP contribution in [-0.4, -0.2) is 40.3 Å². The molecule has 1 aromatic heterocycles. The molecule has 1 saturated heterocycles. The van der Waals surface area contributed by atoms with Crippen molar-refractivity contribution < 1.29 is 14.3 Å². The molecule has 25 heavy (non-hydrogen) atoms. The summed E-state index contributed by atoms with van der Waals surface area (Å²) in [6, 6.07) is 7.57. The molecule has 0 spiro atoms. The number of imidazole rings is 1. The number of nitrogens with zero attached hydrogens (tertiary/aromatic N) is 3. The van der Waals surface area contributed by atoms with E-state index in [1.165, 1.54) is 7.11 Å². The summed E-state index contributed by atoms with van der Waals surface area (Å²) in [5.41, 5.74) is 1.70. The molecule has 126 valence electrons. The van der Waals surface area contributed by atoms with E-state index in [1.54, 1.807) is 18.6 Å². The number of carbonyl (C=O) groups is 2. The first-order chi connectivity index (χ1) is 12.2. The number of benzene rings is 1. The number of carbonyl (C=O) groups excluding carboxylic acids is 2. The molecule has 9 heteroatoms. The van der Waals surface area contributed by atoms with Gasteiger partial charge >= 0.3 is 5.97 Å². The summed E-state index contributed by atoms with van der Waals surface area (Å²) in [5, 5.41) is 10.8. The Kier molecular flexibility index (Phi) is 5.05. The summed E-state index contributed by atoms with van der Waals surface area (Å²) in [6.07, 6.45) is 6.09. The third-order valence-electron chi connectivity index (χ3n) is 3.16. The Balaban J connectivity index is 1.76. The number of aromatic nitrogens is 2. The molecule has 1 amide bonds. The Hall–Kier alpha value is -3.20. The van der Waals surface area contributed by atoms with Gasteiger partial charge in [0.1, 0.15) is 5.82 Å². The van der Waals surface area contributed by atoms with Crippen molar-refractivity contribution >= 4 is 35.0 Å². The third kappa shape index (κ3) is 4.01. The average Bonchev–Trinajstić information content (AvgIpc) is 3.26. The maximum absolute atomic E-state index is 11.7. The monoisotopic (exact) mass is 355 g/mol. The molecular weight excluding hydrogens is 342 g/mol. The number of ether oxygens (including phenoxy) is 1. The minimum absolute atomic E-state index is 0.205. The van der Waals surface area contributed by atoms with Gasteiger partial charge in [-0.3, -0.25) is 10.1 Å². The van der Waals surface area contributed by atoms with E-state index in [0.29, 0.717) is 0 Å². The van der Waals surface area contributed by atoms with E-state index in [0.717, 1.165) is 34.8 Å². The van der Waals surface area contributed by atoms with Gasteiger partial charge in [0, 0.05) is 29.6 Å². The van der Waals surface area contributed by atoms with E-state index >= 15 is 0 Å². The molecule has 2 N–H and O–H groups in total. The number of nitrogens with one attached hydrogen (secondary N) is 2. The molecule has 2 heterocycles. The number of rotatable bonds is 4. The molecular formula is C16H13N5O3S. The van der Waals surface area contributed by atoms with E-state index in [9.17, 15) is 9.59 Å². The van der Waals surface area contributed by atoms with Crippen molar-refractivity contribution in [3.8, 4) is 11.4 Å². The average molecular weight is 355 g/mol. The van der Waals surface area contributed by atoms with Crippen LogP contribution in [0.5, 0.6) is 0 Å². The highest BCUT2D eigenvalue weighted by Crippen LogP contribution is 2.23. The van der Waals surface area contributed by atoms with Crippen LogP contribution in [0.15, 0.2) is 57.8 Å². The number of hydrogen-bond donors (Lipinski definition) is 2. The van der Waals surface area contributed by atoms with Crippen molar-refractivity contribution in [1.29, 1.82) is 0 Å². The van der Waals surface area contributed by atoms with Gasteiger partial charge in [-0.25, -0.2) is 9.78 Å². The number of H-pyrrole nitrogens is 1. The Bertz CT molecular complexity index is 887. The minimum Gasteiger partial charge on any atom is -0.466 e. The maximum atomic E-state index is 11.7. The molecule has 0 saturated carbocycles. The lowest BCUT2D eigenvalue weighted by molar-refractivity contribution is -0.135. The largest absolute Gasteiger partial charge is 0.466 e. The lowest BCUT2D eigenvalue weighted by atomic mass is 10.1. The number of amidine groups is 1. The van der Waals surface area contributed by atoms with Crippen LogP contribution in [0.2, 0.25) is 0 Å². The molecule has 8 nitrogen and oxygen atoms in total. The van der Waals surface area contributed by atoms with Gasteiger partial charge in [0.05, 0.1) is 18.2 Å². The Labute approximate surface area is 147 Å².